The molecule has 0 aliphatic heterocycles. The van der Waals surface area contributed by atoms with Crippen LogP contribution in [0.3, 0.4) is 0 Å². The summed E-state index contributed by atoms with van der Waals surface area (Å²) in [6.45, 7) is 0. The molecule has 0 amide bonds. The second-order valence-electron chi connectivity index (χ2n) is 9.26. The van der Waals surface area contributed by atoms with Crippen LogP contribution >= 0.6 is 0 Å². The third kappa shape index (κ3) is 6.89. The number of hydrogen-bond donors (Lipinski definition) is 0. The number of hydrogen-bond acceptors (Lipinski definition) is 0. The molecule has 0 spiro atoms. The maximum atomic E-state index is 13.6. The molecule has 0 heterocycles. The molecule has 0 rings (SSSR count). The average Bonchev–Trinajstić information content (AvgIpc) is 2.83. The molecule has 0 aromatic rings. The van der Waals surface area contributed by atoms with Crippen molar-refractivity contribution in [1.82, 2.24) is 0 Å². The molecule has 0 radical (unpaired) electrons. The summed E-state index contributed by atoms with van der Waals surface area (Å²) in [4.78, 5) is 0. The van der Waals surface area contributed by atoms with E-state index in [2.05, 4.69) is 0 Å². The molecule has 0 atom stereocenters. The van der Waals surface area contributed by atoms with Gasteiger partial charge >= 0.3 is 71.6 Å². The molecular weight excluding hydrogens is 734 g/mol. The topological polar surface area (TPSA) is 0 Å². The predicted octanol–water partition coefficient (Wildman–Crippen LogP) is 11.4. The van der Waals surface area contributed by atoms with Crippen LogP contribution in [0.25, 0.3) is 0 Å². The fourth-order valence-electron chi connectivity index (χ4n) is 3.04. The molecule has 0 aliphatic rings. The number of halogens is 26. The first-order valence-electron chi connectivity index (χ1n) is 11.3. The van der Waals surface area contributed by atoms with E-state index in [1.54, 1.807) is 0 Å². The van der Waals surface area contributed by atoms with Crippen molar-refractivity contribution < 1.29 is 114 Å². The molecule has 46 heavy (non-hydrogen) atoms. The lowest BCUT2D eigenvalue weighted by molar-refractivity contribution is -0.440. The fourth-order valence-corrected chi connectivity index (χ4v) is 3.04. The molecule has 0 nitrogen and oxygen atoms in total. The van der Waals surface area contributed by atoms with E-state index in [9.17, 15) is 114 Å². The van der Waals surface area contributed by atoms with Gasteiger partial charge in [0.25, 0.3) is 0 Å². The van der Waals surface area contributed by atoms with E-state index >= 15 is 0 Å². The highest BCUT2D eigenvalue weighted by Crippen LogP contribution is 2.62. The van der Waals surface area contributed by atoms with Crippen molar-refractivity contribution in [3.63, 3.8) is 0 Å². The van der Waals surface area contributed by atoms with Crippen LogP contribution < -0.4 is 0 Å². The summed E-state index contributed by atoms with van der Waals surface area (Å²) in [5.74, 6) is -76.5. The summed E-state index contributed by atoms with van der Waals surface area (Å²) in [5.41, 5.74) is 0. The van der Waals surface area contributed by atoms with Crippen molar-refractivity contribution in [3.05, 3.63) is 12.2 Å². The Hall–Kier alpha value is -2.08. The Balaban J connectivity index is 5.47. The minimum Gasteiger partial charge on any atom is -0.200 e. The molecule has 0 aromatic carbocycles. The van der Waals surface area contributed by atoms with Gasteiger partial charge in [-0.05, 0) is 25.7 Å². The molecule has 276 valence electrons. The van der Waals surface area contributed by atoms with Crippen LogP contribution in [-0.2, 0) is 0 Å². The molecular formula is C20H14F26. The highest BCUT2D eigenvalue weighted by atomic mass is 19.4. The van der Waals surface area contributed by atoms with Gasteiger partial charge in [0.05, 0.1) is 0 Å². The summed E-state index contributed by atoms with van der Waals surface area (Å²) in [5, 5.41) is 0. The van der Waals surface area contributed by atoms with E-state index < -0.39 is 110 Å². The largest absolute Gasteiger partial charge is 0.460 e. The van der Waals surface area contributed by atoms with E-state index in [-0.39, 0.29) is 0 Å². The summed E-state index contributed by atoms with van der Waals surface area (Å²) in [6.07, 6.45) is -25.3. The number of alkyl halides is 26. The van der Waals surface area contributed by atoms with E-state index in [1.807, 2.05) is 0 Å². The highest BCUT2D eigenvalue weighted by molar-refractivity contribution is 5.11. The quantitative estimate of drug-likeness (QED) is 0.0838. The predicted molar refractivity (Wildman–Crippen MR) is 98.4 cm³/mol. The van der Waals surface area contributed by atoms with Gasteiger partial charge in [-0.2, -0.15) is 114 Å². The molecule has 0 aliphatic carbocycles. The second-order valence-corrected chi connectivity index (χ2v) is 9.26. The Kier molecular flexibility index (Phi) is 11.9. The van der Waals surface area contributed by atoms with Crippen molar-refractivity contribution in [2.75, 3.05) is 0 Å². The van der Waals surface area contributed by atoms with Crippen LogP contribution in [0.2, 0.25) is 0 Å². The third-order valence-corrected chi connectivity index (χ3v) is 5.89. The zero-order valence-corrected chi connectivity index (χ0v) is 21.2. The lowest BCUT2D eigenvalue weighted by Crippen LogP contribution is -2.70. The number of allylic oxidation sites excluding steroid dienone is 2. The van der Waals surface area contributed by atoms with Crippen molar-refractivity contribution in [1.29, 1.82) is 0 Å². The van der Waals surface area contributed by atoms with E-state index in [4.69, 9.17) is 0 Å². The monoisotopic (exact) mass is 748 g/mol. The Morgan fingerprint density at radius 1 is 0.261 bits per heavy atom. The Morgan fingerprint density at radius 3 is 0.652 bits per heavy atom. The first kappa shape index (κ1) is 43.9. The van der Waals surface area contributed by atoms with Crippen molar-refractivity contribution >= 4 is 0 Å². The van der Waals surface area contributed by atoms with Gasteiger partial charge in [-0.3, -0.25) is 0 Å². The van der Waals surface area contributed by atoms with Crippen LogP contribution in [-0.4, -0.2) is 71.6 Å². The molecule has 0 saturated carbocycles. The van der Waals surface area contributed by atoms with Gasteiger partial charge in [0.15, 0.2) is 0 Å². The van der Waals surface area contributed by atoms with Crippen LogP contribution in [0.5, 0.6) is 0 Å². The maximum absolute atomic E-state index is 13.6. The summed E-state index contributed by atoms with van der Waals surface area (Å²) in [7, 11) is 0. The van der Waals surface area contributed by atoms with Gasteiger partial charge in [0, 0.05) is 12.8 Å². The van der Waals surface area contributed by atoms with Gasteiger partial charge in [0.2, 0.25) is 0 Å². The number of unbranched alkanes of at least 4 members (excludes halogenated alkanes) is 2. The van der Waals surface area contributed by atoms with Gasteiger partial charge in [-0.1, -0.05) is 12.2 Å². The lowest BCUT2D eigenvalue weighted by Gasteiger charge is -2.39. The van der Waals surface area contributed by atoms with Gasteiger partial charge in [-0.25, -0.2) is 0 Å². The molecule has 0 N–H and O–H groups in total. The van der Waals surface area contributed by atoms with Crippen LogP contribution in [0, 0.1) is 0 Å². The Morgan fingerprint density at radius 2 is 0.457 bits per heavy atom. The fraction of sp³-hybridized carbons (Fsp3) is 0.900. The van der Waals surface area contributed by atoms with E-state index in [0.717, 1.165) is 0 Å². The van der Waals surface area contributed by atoms with Crippen LogP contribution in [0.15, 0.2) is 12.2 Å². The summed E-state index contributed by atoms with van der Waals surface area (Å²) < 4.78 is 338. The Labute approximate surface area is 237 Å². The van der Waals surface area contributed by atoms with E-state index in [1.165, 1.54) is 0 Å². The molecule has 0 aromatic heterocycles. The average molecular weight is 748 g/mol. The summed E-state index contributed by atoms with van der Waals surface area (Å²) >= 11 is 0. The molecule has 0 fully saturated rings. The third-order valence-electron chi connectivity index (χ3n) is 5.89. The molecule has 0 saturated heterocycles. The standard InChI is InChI=1S/C20H14F26/c21-9(22,11(25,26)13(29,30)15(33,34)17(37,38)19(41,42)43)7-5-3-1-2-4-6-8-10(23,24)12(27,28)14(31,32)16(35,36)18(39,40)20(44,45)46/h1-2H,3-8H2. The second kappa shape index (κ2) is 12.4. The van der Waals surface area contributed by atoms with Gasteiger partial charge in [0.1, 0.15) is 0 Å². The number of rotatable bonds is 16. The van der Waals surface area contributed by atoms with Crippen molar-refractivity contribution in [2.45, 2.75) is 110 Å². The minimum atomic E-state index is -8.15. The zero-order chi connectivity index (χ0) is 37.7. The normalized spacial score (nSPS) is 16.5. The highest BCUT2D eigenvalue weighted by Gasteiger charge is 2.91. The molecule has 26 heteroatoms. The van der Waals surface area contributed by atoms with Crippen molar-refractivity contribution in [3.8, 4) is 0 Å². The minimum absolute atomic E-state index is 0.377. The SMILES string of the molecule is FC(F)(F)C(F)(F)C(F)(F)C(F)(F)C(F)(F)C(F)(F)CCCC=CCCCC(F)(F)C(F)(F)C(F)(F)C(F)(F)C(F)(F)C(F)(F)F. The van der Waals surface area contributed by atoms with Crippen LogP contribution in [0.1, 0.15) is 38.5 Å². The summed E-state index contributed by atoms with van der Waals surface area (Å²) in [6, 6.07) is 0. The molecule has 0 unspecified atom stereocenters. The first-order valence-corrected chi connectivity index (χ1v) is 11.3. The smallest absolute Gasteiger partial charge is 0.200 e. The van der Waals surface area contributed by atoms with E-state index in [0.29, 0.717) is 12.2 Å². The van der Waals surface area contributed by atoms with Gasteiger partial charge < -0.3 is 0 Å². The lowest BCUT2D eigenvalue weighted by atomic mass is 9.91. The molecule has 0 bridgehead atoms. The Bertz CT molecular complexity index is 959. The van der Waals surface area contributed by atoms with Crippen LogP contribution in [0.4, 0.5) is 114 Å². The first-order chi connectivity index (χ1) is 19.7. The maximum Gasteiger partial charge on any atom is 0.460 e. The van der Waals surface area contributed by atoms with Gasteiger partial charge in [-0.15, -0.1) is 0 Å². The zero-order valence-electron chi connectivity index (χ0n) is 21.2. The van der Waals surface area contributed by atoms with Crippen molar-refractivity contribution in [2.24, 2.45) is 0 Å².